The Morgan fingerprint density at radius 1 is 1.33 bits per heavy atom. The Bertz CT molecular complexity index is 679. The van der Waals surface area contributed by atoms with Gasteiger partial charge in [0.15, 0.2) is 0 Å². The van der Waals surface area contributed by atoms with E-state index in [-0.39, 0.29) is 18.7 Å². The first-order valence-corrected chi connectivity index (χ1v) is 6.87. The molecule has 1 N–H and O–H groups in total. The molecule has 2 aromatic rings. The molecule has 1 aromatic heterocycles. The number of rotatable bonds is 5. The van der Waals surface area contributed by atoms with Gasteiger partial charge in [0, 0.05) is 11.3 Å². The van der Waals surface area contributed by atoms with Crippen LogP contribution in [0, 0.1) is 20.8 Å². The Kier molecular flexibility index (Phi) is 4.75. The number of aliphatic hydroxyl groups is 1. The summed E-state index contributed by atoms with van der Waals surface area (Å²) in [5.74, 6) is 0.708. The van der Waals surface area contributed by atoms with Crippen LogP contribution in [0.5, 0.6) is 5.75 Å². The smallest absolute Gasteiger partial charge is 0.256 e. The molecule has 21 heavy (non-hydrogen) atoms. The molecule has 0 aliphatic rings. The second-order valence-electron chi connectivity index (χ2n) is 5.19. The summed E-state index contributed by atoms with van der Waals surface area (Å²) in [5.41, 5.74) is 2.28. The summed E-state index contributed by atoms with van der Waals surface area (Å²) in [6.07, 6.45) is 0.688. The van der Waals surface area contributed by atoms with Crippen molar-refractivity contribution in [3.05, 3.63) is 57.8 Å². The Labute approximate surface area is 123 Å². The van der Waals surface area contributed by atoms with Crippen molar-refractivity contribution in [1.29, 1.82) is 0 Å². The van der Waals surface area contributed by atoms with Gasteiger partial charge < -0.3 is 9.84 Å². The number of hydrogen-bond acceptors (Lipinski definition) is 4. The highest BCUT2D eigenvalue weighted by atomic mass is 16.5. The van der Waals surface area contributed by atoms with Crippen LogP contribution in [-0.2, 0) is 6.54 Å². The summed E-state index contributed by atoms with van der Waals surface area (Å²) in [4.78, 5) is 16.1. The first kappa shape index (κ1) is 15.3. The number of benzene rings is 1. The first-order valence-electron chi connectivity index (χ1n) is 6.87. The summed E-state index contributed by atoms with van der Waals surface area (Å²) in [6, 6.07) is 7.61. The number of aromatic nitrogens is 2. The summed E-state index contributed by atoms with van der Waals surface area (Å²) in [6.45, 7) is 5.79. The van der Waals surface area contributed by atoms with Gasteiger partial charge in [0.05, 0.1) is 12.9 Å². The Morgan fingerprint density at radius 2 is 2.10 bits per heavy atom. The van der Waals surface area contributed by atoms with E-state index in [9.17, 15) is 9.90 Å². The topological polar surface area (TPSA) is 64.3 Å². The maximum atomic E-state index is 12.0. The number of ether oxygens (including phenoxy) is 1. The quantitative estimate of drug-likeness (QED) is 0.908. The van der Waals surface area contributed by atoms with Gasteiger partial charge in [-0.15, -0.1) is 0 Å². The monoisotopic (exact) mass is 288 g/mol. The molecule has 0 saturated carbocycles. The fourth-order valence-electron chi connectivity index (χ4n) is 1.98. The minimum absolute atomic E-state index is 0.128. The van der Waals surface area contributed by atoms with Crippen molar-refractivity contribution in [2.75, 3.05) is 6.61 Å². The largest absolute Gasteiger partial charge is 0.491 e. The van der Waals surface area contributed by atoms with E-state index in [1.54, 1.807) is 13.8 Å². The summed E-state index contributed by atoms with van der Waals surface area (Å²) >= 11 is 0. The molecule has 2 rings (SSSR count). The third kappa shape index (κ3) is 3.92. The lowest BCUT2D eigenvalue weighted by molar-refractivity contribution is 0.0912. The maximum Gasteiger partial charge on any atom is 0.256 e. The van der Waals surface area contributed by atoms with E-state index in [1.165, 1.54) is 10.9 Å². The summed E-state index contributed by atoms with van der Waals surface area (Å²) < 4.78 is 6.94. The zero-order valence-corrected chi connectivity index (χ0v) is 12.5. The Morgan fingerprint density at radius 3 is 2.81 bits per heavy atom. The molecule has 1 atom stereocenters. The van der Waals surface area contributed by atoms with Crippen LogP contribution in [0.1, 0.15) is 16.8 Å². The van der Waals surface area contributed by atoms with Crippen LogP contribution in [0.2, 0.25) is 0 Å². The molecule has 5 nitrogen and oxygen atoms in total. The van der Waals surface area contributed by atoms with Crippen LogP contribution in [0.4, 0.5) is 0 Å². The van der Waals surface area contributed by atoms with Crippen LogP contribution < -0.4 is 10.3 Å². The lowest BCUT2D eigenvalue weighted by Gasteiger charge is -2.14. The molecule has 0 aliphatic heterocycles. The van der Waals surface area contributed by atoms with Gasteiger partial charge in [-0.05, 0) is 38.5 Å². The maximum absolute atomic E-state index is 12.0. The summed E-state index contributed by atoms with van der Waals surface area (Å²) in [5, 5.41) is 10.0. The molecule has 0 fully saturated rings. The molecule has 0 aliphatic carbocycles. The third-order valence-electron chi connectivity index (χ3n) is 3.35. The highest BCUT2D eigenvalue weighted by Gasteiger charge is 2.10. The molecule has 0 amide bonds. The van der Waals surface area contributed by atoms with Crippen molar-refractivity contribution in [3.63, 3.8) is 0 Å². The Hall–Kier alpha value is -2.14. The fraction of sp³-hybridized carbons (Fsp3) is 0.375. The van der Waals surface area contributed by atoms with E-state index < -0.39 is 6.10 Å². The van der Waals surface area contributed by atoms with Crippen molar-refractivity contribution in [3.8, 4) is 5.75 Å². The van der Waals surface area contributed by atoms with Crippen LogP contribution in [0.25, 0.3) is 0 Å². The fourth-order valence-corrected chi connectivity index (χ4v) is 1.98. The molecule has 5 heteroatoms. The highest BCUT2D eigenvalue weighted by Crippen LogP contribution is 2.12. The number of aliphatic hydroxyl groups excluding tert-OH is 1. The zero-order chi connectivity index (χ0) is 15.4. The Balaban J connectivity index is 1.98. The molecular weight excluding hydrogens is 268 g/mol. The molecule has 0 radical (unpaired) electrons. The molecule has 0 bridgehead atoms. The van der Waals surface area contributed by atoms with Crippen LogP contribution in [0.15, 0.2) is 35.4 Å². The standard InChI is InChI=1S/C16H20N2O3/c1-11-5-4-6-15(7-11)21-9-14(19)8-18-10-17-13(3)12(2)16(18)20/h4-7,10,14,19H,8-9H2,1-3H3/t14-/m0/s1. The van der Waals surface area contributed by atoms with Crippen LogP contribution in [0.3, 0.4) is 0 Å². The van der Waals surface area contributed by atoms with Gasteiger partial charge in [0.2, 0.25) is 0 Å². The molecule has 0 unspecified atom stereocenters. The molecule has 0 saturated heterocycles. The normalized spacial score (nSPS) is 12.2. The van der Waals surface area contributed by atoms with Crippen molar-refractivity contribution in [2.45, 2.75) is 33.4 Å². The van der Waals surface area contributed by atoms with Gasteiger partial charge in [0.1, 0.15) is 18.5 Å². The van der Waals surface area contributed by atoms with Gasteiger partial charge >= 0.3 is 0 Å². The van der Waals surface area contributed by atoms with E-state index in [4.69, 9.17) is 4.74 Å². The van der Waals surface area contributed by atoms with Crippen molar-refractivity contribution >= 4 is 0 Å². The highest BCUT2D eigenvalue weighted by molar-refractivity contribution is 5.27. The lowest BCUT2D eigenvalue weighted by atomic mass is 10.2. The molecule has 112 valence electrons. The molecule has 1 aromatic carbocycles. The van der Waals surface area contributed by atoms with Gasteiger partial charge in [0.25, 0.3) is 5.56 Å². The average Bonchev–Trinajstić information content (AvgIpc) is 2.46. The minimum Gasteiger partial charge on any atom is -0.491 e. The van der Waals surface area contributed by atoms with Gasteiger partial charge in [-0.3, -0.25) is 9.36 Å². The van der Waals surface area contributed by atoms with Gasteiger partial charge in [-0.25, -0.2) is 4.98 Å². The van der Waals surface area contributed by atoms with Crippen LogP contribution >= 0.6 is 0 Å². The molecule has 1 heterocycles. The molecule has 0 spiro atoms. The average molecular weight is 288 g/mol. The van der Waals surface area contributed by atoms with E-state index in [0.717, 1.165) is 5.56 Å². The minimum atomic E-state index is -0.771. The van der Waals surface area contributed by atoms with E-state index in [0.29, 0.717) is 17.0 Å². The SMILES string of the molecule is Cc1cccc(OC[C@@H](O)Cn2cnc(C)c(C)c2=O)c1. The summed E-state index contributed by atoms with van der Waals surface area (Å²) in [7, 11) is 0. The third-order valence-corrected chi connectivity index (χ3v) is 3.35. The predicted molar refractivity (Wildman–Crippen MR) is 80.7 cm³/mol. The van der Waals surface area contributed by atoms with Crippen LogP contribution in [-0.4, -0.2) is 27.4 Å². The lowest BCUT2D eigenvalue weighted by Crippen LogP contribution is -2.31. The van der Waals surface area contributed by atoms with E-state index in [1.807, 2.05) is 31.2 Å². The van der Waals surface area contributed by atoms with Crippen molar-refractivity contribution in [2.24, 2.45) is 0 Å². The number of nitrogens with zero attached hydrogens (tertiary/aromatic N) is 2. The van der Waals surface area contributed by atoms with E-state index in [2.05, 4.69) is 4.98 Å². The van der Waals surface area contributed by atoms with Gasteiger partial charge in [-0.2, -0.15) is 0 Å². The predicted octanol–water partition coefficient (Wildman–Crippen LogP) is 1.61. The first-order chi connectivity index (χ1) is 9.97. The number of hydrogen-bond donors (Lipinski definition) is 1. The van der Waals surface area contributed by atoms with E-state index >= 15 is 0 Å². The van der Waals surface area contributed by atoms with Crippen molar-refractivity contribution in [1.82, 2.24) is 9.55 Å². The van der Waals surface area contributed by atoms with Crippen molar-refractivity contribution < 1.29 is 9.84 Å². The second kappa shape index (κ2) is 6.54. The molecular formula is C16H20N2O3. The zero-order valence-electron chi connectivity index (χ0n) is 12.5. The van der Waals surface area contributed by atoms with Gasteiger partial charge in [-0.1, -0.05) is 12.1 Å². The second-order valence-corrected chi connectivity index (χ2v) is 5.19. The number of aryl methyl sites for hydroxylation is 2.